The van der Waals surface area contributed by atoms with E-state index in [9.17, 15) is 9.90 Å². The zero-order chi connectivity index (χ0) is 12.8. The third kappa shape index (κ3) is 1.90. The molecular weight excluding hydrogens is 228 g/mol. The van der Waals surface area contributed by atoms with Crippen molar-refractivity contribution in [2.24, 2.45) is 0 Å². The van der Waals surface area contributed by atoms with E-state index in [1.807, 2.05) is 24.3 Å². The molecule has 0 atom stereocenters. The summed E-state index contributed by atoms with van der Waals surface area (Å²) in [5.74, 6) is -0.471. The second kappa shape index (κ2) is 3.70. The lowest BCUT2D eigenvalue weighted by molar-refractivity contribution is 0.0697. The predicted octanol–water partition coefficient (Wildman–Crippen LogP) is 2.90. The second-order valence-corrected chi connectivity index (χ2v) is 5.07. The summed E-state index contributed by atoms with van der Waals surface area (Å²) < 4.78 is 0. The summed E-state index contributed by atoms with van der Waals surface area (Å²) in [4.78, 5) is 15.7. The van der Waals surface area contributed by atoms with Crippen LogP contribution in [0.4, 0.5) is 5.82 Å². The van der Waals surface area contributed by atoms with E-state index in [2.05, 4.69) is 17.2 Å². The number of hydrogen-bond donors (Lipinski definition) is 2. The normalized spacial score (nSPS) is 16.5. The summed E-state index contributed by atoms with van der Waals surface area (Å²) in [6.07, 6.45) is 2.11. The smallest absolute Gasteiger partial charge is 0.339 e. The van der Waals surface area contributed by atoms with E-state index >= 15 is 0 Å². The minimum Gasteiger partial charge on any atom is -0.478 e. The predicted molar refractivity (Wildman–Crippen MR) is 70.0 cm³/mol. The number of carboxylic acid groups (broad SMARTS) is 1. The molecular formula is C14H14N2O2. The molecule has 4 nitrogen and oxygen atoms in total. The number of carbonyl (C=O) groups is 1. The molecule has 1 heterocycles. The van der Waals surface area contributed by atoms with Crippen LogP contribution < -0.4 is 5.32 Å². The number of nitrogens with zero attached hydrogens (tertiary/aromatic N) is 1. The molecule has 1 aromatic heterocycles. The van der Waals surface area contributed by atoms with Crippen LogP contribution >= 0.6 is 0 Å². The molecule has 2 N–H and O–H groups in total. The fourth-order valence-electron chi connectivity index (χ4n) is 1.97. The number of carboxylic acids is 1. The van der Waals surface area contributed by atoms with Crippen molar-refractivity contribution in [1.29, 1.82) is 0 Å². The Balaban J connectivity index is 2.14. The minimum absolute atomic E-state index is 0.0135. The van der Waals surface area contributed by atoms with Crippen LogP contribution in [0, 0.1) is 0 Å². The fourth-order valence-corrected chi connectivity index (χ4v) is 1.97. The zero-order valence-corrected chi connectivity index (χ0v) is 10.1. The van der Waals surface area contributed by atoms with Gasteiger partial charge < -0.3 is 10.4 Å². The first-order valence-electron chi connectivity index (χ1n) is 5.99. The van der Waals surface area contributed by atoms with E-state index in [0.29, 0.717) is 5.82 Å². The molecule has 1 fully saturated rings. The van der Waals surface area contributed by atoms with Crippen LogP contribution in [0.1, 0.15) is 30.1 Å². The van der Waals surface area contributed by atoms with E-state index < -0.39 is 5.97 Å². The van der Waals surface area contributed by atoms with E-state index in [0.717, 1.165) is 23.7 Å². The lowest BCUT2D eigenvalue weighted by Gasteiger charge is -2.15. The van der Waals surface area contributed by atoms with Crippen molar-refractivity contribution in [3.8, 4) is 0 Å². The molecule has 0 amide bonds. The van der Waals surface area contributed by atoms with Gasteiger partial charge in [-0.15, -0.1) is 0 Å². The Morgan fingerprint density at radius 3 is 2.78 bits per heavy atom. The summed E-state index contributed by atoms with van der Waals surface area (Å²) >= 11 is 0. The maximum atomic E-state index is 11.3. The molecule has 0 aliphatic heterocycles. The summed E-state index contributed by atoms with van der Waals surface area (Å²) in [5, 5.41) is 13.4. The molecule has 1 aliphatic rings. The lowest BCUT2D eigenvalue weighted by atomic mass is 10.1. The summed E-state index contributed by atoms with van der Waals surface area (Å²) in [6, 6.07) is 9.22. The topological polar surface area (TPSA) is 62.2 Å². The van der Waals surface area contributed by atoms with Gasteiger partial charge in [-0.2, -0.15) is 0 Å². The van der Waals surface area contributed by atoms with Crippen molar-refractivity contribution in [2.45, 2.75) is 25.3 Å². The molecule has 92 valence electrons. The standard InChI is InChI=1S/C14H14N2O2/c1-14(6-7-14)16-12-10(13(17)18)8-9-4-2-3-5-11(9)15-12/h2-5,8H,6-7H2,1H3,(H,15,16)(H,17,18). The molecule has 4 heteroatoms. The highest BCUT2D eigenvalue weighted by atomic mass is 16.4. The maximum absolute atomic E-state index is 11.3. The van der Waals surface area contributed by atoms with Crippen molar-refractivity contribution in [2.75, 3.05) is 5.32 Å². The largest absolute Gasteiger partial charge is 0.478 e. The third-order valence-corrected chi connectivity index (χ3v) is 3.37. The molecule has 18 heavy (non-hydrogen) atoms. The van der Waals surface area contributed by atoms with Crippen molar-refractivity contribution < 1.29 is 9.90 Å². The zero-order valence-electron chi connectivity index (χ0n) is 10.1. The van der Waals surface area contributed by atoms with Gasteiger partial charge in [-0.25, -0.2) is 9.78 Å². The van der Waals surface area contributed by atoms with Gasteiger partial charge in [0.25, 0.3) is 0 Å². The van der Waals surface area contributed by atoms with Gasteiger partial charge >= 0.3 is 5.97 Å². The first-order chi connectivity index (χ1) is 8.57. The average Bonchev–Trinajstić information content (AvgIpc) is 3.05. The van der Waals surface area contributed by atoms with Gasteiger partial charge in [0, 0.05) is 10.9 Å². The van der Waals surface area contributed by atoms with E-state index in [4.69, 9.17) is 0 Å². The van der Waals surface area contributed by atoms with Crippen LogP contribution in [0.5, 0.6) is 0 Å². The molecule has 0 radical (unpaired) electrons. The SMILES string of the molecule is CC1(Nc2nc3ccccc3cc2C(=O)O)CC1. The summed E-state index contributed by atoms with van der Waals surface area (Å²) in [6.45, 7) is 2.08. The highest BCUT2D eigenvalue weighted by Crippen LogP contribution is 2.38. The number of rotatable bonds is 3. The average molecular weight is 242 g/mol. The number of nitrogens with one attached hydrogen (secondary N) is 1. The van der Waals surface area contributed by atoms with Gasteiger partial charge in [0.15, 0.2) is 0 Å². The van der Waals surface area contributed by atoms with Crippen molar-refractivity contribution in [3.63, 3.8) is 0 Å². The molecule has 0 unspecified atom stereocenters. The molecule has 1 aromatic carbocycles. The molecule has 1 aliphatic carbocycles. The van der Waals surface area contributed by atoms with Crippen molar-refractivity contribution >= 4 is 22.7 Å². The van der Waals surface area contributed by atoms with Crippen LogP contribution in [0.3, 0.4) is 0 Å². The summed E-state index contributed by atoms with van der Waals surface area (Å²) in [7, 11) is 0. The van der Waals surface area contributed by atoms with Gasteiger partial charge in [-0.1, -0.05) is 18.2 Å². The molecule has 3 rings (SSSR count). The Morgan fingerprint density at radius 2 is 2.11 bits per heavy atom. The van der Waals surface area contributed by atoms with E-state index in [1.54, 1.807) is 6.07 Å². The van der Waals surface area contributed by atoms with Crippen molar-refractivity contribution in [1.82, 2.24) is 4.98 Å². The van der Waals surface area contributed by atoms with Gasteiger partial charge in [0.05, 0.1) is 5.52 Å². The number of anilines is 1. The maximum Gasteiger partial charge on any atom is 0.339 e. The Hall–Kier alpha value is -2.10. The summed E-state index contributed by atoms with van der Waals surface area (Å²) in [5.41, 5.74) is 1.07. The third-order valence-electron chi connectivity index (χ3n) is 3.37. The molecule has 0 bridgehead atoms. The number of para-hydroxylation sites is 1. The second-order valence-electron chi connectivity index (χ2n) is 5.07. The number of benzene rings is 1. The van der Waals surface area contributed by atoms with Gasteiger partial charge in [-0.05, 0) is 31.9 Å². The first-order valence-corrected chi connectivity index (χ1v) is 5.99. The number of pyridine rings is 1. The lowest BCUT2D eigenvalue weighted by Crippen LogP contribution is -2.19. The van der Waals surface area contributed by atoms with Gasteiger partial charge in [-0.3, -0.25) is 0 Å². The Labute approximate surface area is 105 Å². The van der Waals surface area contributed by atoms with Crippen LogP contribution in [0.15, 0.2) is 30.3 Å². The molecule has 2 aromatic rings. The number of aromatic carboxylic acids is 1. The molecule has 1 saturated carbocycles. The van der Waals surface area contributed by atoms with Crippen LogP contribution in [-0.2, 0) is 0 Å². The van der Waals surface area contributed by atoms with E-state index in [1.165, 1.54) is 0 Å². The Kier molecular flexibility index (Phi) is 2.26. The Morgan fingerprint density at radius 1 is 1.39 bits per heavy atom. The van der Waals surface area contributed by atoms with Crippen LogP contribution in [-0.4, -0.2) is 21.6 Å². The first kappa shape index (κ1) is 11.0. The fraction of sp³-hybridized carbons (Fsp3) is 0.286. The van der Waals surface area contributed by atoms with Gasteiger partial charge in [0.2, 0.25) is 0 Å². The number of aromatic nitrogens is 1. The number of fused-ring (bicyclic) bond motifs is 1. The Bertz CT molecular complexity index is 633. The minimum atomic E-state index is -0.944. The van der Waals surface area contributed by atoms with Crippen LogP contribution in [0.2, 0.25) is 0 Å². The van der Waals surface area contributed by atoms with E-state index in [-0.39, 0.29) is 11.1 Å². The highest BCUT2D eigenvalue weighted by molar-refractivity contribution is 5.98. The highest BCUT2D eigenvalue weighted by Gasteiger charge is 2.38. The molecule has 0 saturated heterocycles. The molecule has 0 spiro atoms. The van der Waals surface area contributed by atoms with Crippen molar-refractivity contribution in [3.05, 3.63) is 35.9 Å². The monoisotopic (exact) mass is 242 g/mol. The number of hydrogen-bond acceptors (Lipinski definition) is 3. The van der Waals surface area contributed by atoms with Crippen LogP contribution in [0.25, 0.3) is 10.9 Å². The quantitative estimate of drug-likeness (QED) is 0.868. The van der Waals surface area contributed by atoms with Gasteiger partial charge in [0.1, 0.15) is 11.4 Å².